The first-order valence-corrected chi connectivity index (χ1v) is 5.74. The minimum Gasteiger partial charge on any atom is -0.392 e. The molecule has 0 amide bonds. The van der Waals surface area contributed by atoms with Crippen molar-refractivity contribution in [3.63, 3.8) is 0 Å². The molecule has 0 aromatic heterocycles. The van der Waals surface area contributed by atoms with Gasteiger partial charge in [-0.15, -0.1) is 0 Å². The third-order valence-corrected chi connectivity index (χ3v) is 2.78. The molecule has 1 atom stereocenters. The zero-order chi connectivity index (χ0) is 12.8. The van der Waals surface area contributed by atoms with Gasteiger partial charge in [0.1, 0.15) is 0 Å². The summed E-state index contributed by atoms with van der Waals surface area (Å²) in [6.07, 6.45) is 0.253. The average Bonchev–Trinajstić information content (AvgIpc) is 2.30. The Hall–Kier alpha value is -1.17. The minimum atomic E-state index is -0.458. The summed E-state index contributed by atoms with van der Waals surface area (Å²) in [5.74, 6) is 0. The summed E-state index contributed by atoms with van der Waals surface area (Å²) in [7, 11) is 0. The van der Waals surface area contributed by atoms with Gasteiger partial charge in [-0.1, -0.05) is 18.5 Å². The summed E-state index contributed by atoms with van der Waals surface area (Å²) >= 11 is 5.92. The van der Waals surface area contributed by atoms with Crippen molar-refractivity contribution >= 4 is 17.3 Å². The van der Waals surface area contributed by atoms with Gasteiger partial charge in [-0.2, -0.15) is 0 Å². The van der Waals surface area contributed by atoms with Crippen molar-refractivity contribution in [2.45, 2.75) is 26.0 Å². The lowest BCUT2D eigenvalue weighted by atomic mass is 10.2. The predicted octanol–water partition coefficient (Wildman–Crippen LogP) is 2.11. The molecular weight excluding hydrogens is 244 g/mol. The van der Waals surface area contributed by atoms with Crippen LogP contribution in [0.25, 0.3) is 0 Å². The van der Waals surface area contributed by atoms with Gasteiger partial charge in [0.05, 0.1) is 11.0 Å². The van der Waals surface area contributed by atoms with Gasteiger partial charge in [0.25, 0.3) is 5.69 Å². The van der Waals surface area contributed by atoms with Crippen molar-refractivity contribution < 1.29 is 10.0 Å². The van der Waals surface area contributed by atoms with Crippen molar-refractivity contribution in [1.29, 1.82) is 0 Å². The summed E-state index contributed by atoms with van der Waals surface area (Å²) in [5, 5.41) is 23.4. The van der Waals surface area contributed by atoms with Gasteiger partial charge in [0, 0.05) is 30.2 Å². The number of nitro groups is 1. The Morgan fingerprint density at radius 2 is 2.29 bits per heavy atom. The summed E-state index contributed by atoms with van der Waals surface area (Å²) in [4.78, 5) is 10.1. The van der Waals surface area contributed by atoms with E-state index in [0.717, 1.165) is 0 Å². The van der Waals surface area contributed by atoms with Crippen molar-refractivity contribution in [3.8, 4) is 0 Å². The minimum absolute atomic E-state index is 0.0160. The van der Waals surface area contributed by atoms with Crippen LogP contribution in [-0.2, 0) is 6.54 Å². The number of hydrogen-bond donors (Lipinski definition) is 2. The fourth-order valence-corrected chi connectivity index (χ4v) is 1.51. The zero-order valence-corrected chi connectivity index (χ0v) is 10.3. The number of rotatable bonds is 6. The zero-order valence-electron chi connectivity index (χ0n) is 9.52. The lowest BCUT2D eigenvalue weighted by molar-refractivity contribution is -0.384. The second-order valence-corrected chi connectivity index (χ2v) is 4.13. The normalized spacial score (nSPS) is 12.4. The molecule has 0 radical (unpaired) electrons. The summed E-state index contributed by atoms with van der Waals surface area (Å²) in [6.45, 7) is 2.72. The second kappa shape index (κ2) is 6.54. The molecule has 0 bridgehead atoms. The monoisotopic (exact) mass is 258 g/mol. The highest BCUT2D eigenvalue weighted by Crippen LogP contribution is 2.21. The SMILES string of the molecule is CCC(O)CNCc1cc([N+](=O)[O-])ccc1Cl. The van der Waals surface area contributed by atoms with Gasteiger partial charge in [0.15, 0.2) is 0 Å². The molecule has 17 heavy (non-hydrogen) atoms. The number of nitro benzene ring substituents is 1. The quantitative estimate of drug-likeness (QED) is 0.605. The van der Waals surface area contributed by atoms with Crippen LogP contribution in [0, 0.1) is 10.1 Å². The number of aliphatic hydroxyl groups is 1. The van der Waals surface area contributed by atoms with E-state index in [2.05, 4.69) is 5.32 Å². The van der Waals surface area contributed by atoms with Crippen LogP contribution in [0.4, 0.5) is 5.69 Å². The van der Waals surface area contributed by atoms with Gasteiger partial charge >= 0.3 is 0 Å². The van der Waals surface area contributed by atoms with E-state index >= 15 is 0 Å². The topological polar surface area (TPSA) is 75.4 Å². The molecule has 1 aromatic carbocycles. The molecule has 0 aliphatic heterocycles. The molecule has 0 spiro atoms. The lowest BCUT2D eigenvalue weighted by Crippen LogP contribution is -2.25. The van der Waals surface area contributed by atoms with Crippen LogP contribution in [0.2, 0.25) is 5.02 Å². The molecular formula is C11H15ClN2O3. The van der Waals surface area contributed by atoms with Crippen LogP contribution in [0.3, 0.4) is 0 Å². The lowest BCUT2D eigenvalue weighted by Gasteiger charge is -2.10. The standard InChI is InChI=1S/C11H15ClN2O3/c1-2-10(15)7-13-6-8-5-9(14(16)17)3-4-11(8)12/h3-5,10,13,15H,2,6-7H2,1H3. The molecule has 1 aromatic rings. The molecule has 0 fully saturated rings. The van der Waals surface area contributed by atoms with E-state index in [-0.39, 0.29) is 5.69 Å². The molecule has 1 unspecified atom stereocenters. The van der Waals surface area contributed by atoms with E-state index in [1.165, 1.54) is 18.2 Å². The van der Waals surface area contributed by atoms with Crippen LogP contribution < -0.4 is 5.32 Å². The second-order valence-electron chi connectivity index (χ2n) is 3.73. The highest BCUT2D eigenvalue weighted by Gasteiger charge is 2.09. The van der Waals surface area contributed by atoms with Crippen LogP contribution in [0.15, 0.2) is 18.2 Å². The Labute approximate surface area is 105 Å². The smallest absolute Gasteiger partial charge is 0.269 e. The summed E-state index contributed by atoms with van der Waals surface area (Å²) in [6, 6.07) is 4.31. The molecule has 5 nitrogen and oxygen atoms in total. The van der Waals surface area contributed by atoms with Gasteiger partial charge in [0.2, 0.25) is 0 Å². The highest BCUT2D eigenvalue weighted by molar-refractivity contribution is 6.31. The van der Waals surface area contributed by atoms with E-state index in [1.54, 1.807) is 0 Å². The molecule has 0 saturated carbocycles. The van der Waals surface area contributed by atoms with Crippen LogP contribution in [0.1, 0.15) is 18.9 Å². The highest BCUT2D eigenvalue weighted by atomic mass is 35.5. The molecule has 0 aliphatic rings. The molecule has 2 N–H and O–H groups in total. The Balaban J connectivity index is 2.63. The van der Waals surface area contributed by atoms with Gasteiger partial charge < -0.3 is 10.4 Å². The largest absolute Gasteiger partial charge is 0.392 e. The van der Waals surface area contributed by atoms with Crippen molar-refractivity contribution in [2.24, 2.45) is 0 Å². The molecule has 1 rings (SSSR count). The fourth-order valence-electron chi connectivity index (χ4n) is 1.33. The Morgan fingerprint density at radius 1 is 1.59 bits per heavy atom. The molecule has 94 valence electrons. The molecule has 0 aliphatic carbocycles. The van der Waals surface area contributed by atoms with Crippen LogP contribution >= 0.6 is 11.6 Å². The van der Waals surface area contributed by atoms with Crippen LogP contribution in [-0.4, -0.2) is 22.7 Å². The molecule has 0 saturated heterocycles. The number of benzene rings is 1. The number of aliphatic hydroxyl groups excluding tert-OH is 1. The number of hydrogen-bond acceptors (Lipinski definition) is 4. The summed E-state index contributed by atoms with van der Waals surface area (Å²) < 4.78 is 0. The van der Waals surface area contributed by atoms with E-state index < -0.39 is 11.0 Å². The van der Waals surface area contributed by atoms with Crippen molar-refractivity contribution in [1.82, 2.24) is 5.32 Å². The first-order chi connectivity index (χ1) is 8.04. The average molecular weight is 259 g/mol. The maximum Gasteiger partial charge on any atom is 0.269 e. The Kier molecular flexibility index (Phi) is 5.34. The molecule has 6 heteroatoms. The molecule has 0 heterocycles. The number of non-ortho nitro benzene ring substituents is 1. The third kappa shape index (κ3) is 4.30. The predicted molar refractivity (Wildman–Crippen MR) is 66.1 cm³/mol. The van der Waals surface area contributed by atoms with Gasteiger partial charge in [-0.3, -0.25) is 10.1 Å². The third-order valence-electron chi connectivity index (χ3n) is 2.41. The number of halogens is 1. The van der Waals surface area contributed by atoms with E-state index in [1.807, 2.05) is 6.92 Å². The summed E-state index contributed by atoms with van der Waals surface area (Å²) in [5.41, 5.74) is 0.673. The van der Waals surface area contributed by atoms with Crippen molar-refractivity contribution in [3.05, 3.63) is 38.9 Å². The fraction of sp³-hybridized carbons (Fsp3) is 0.455. The number of nitrogens with one attached hydrogen (secondary N) is 1. The first-order valence-electron chi connectivity index (χ1n) is 5.36. The Morgan fingerprint density at radius 3 is 2.88 bits per heavy atom. The number of nitrogens with zero attached hydrogens (tertiary/aromatic N) is 1. The van der Waals surface area contributed by atoms with E-state index in [0.29, 0.717) is 30.1 Å². The van der Waals surface area contributed by atoms with E-state index in [4.69, 9.17) is 11.6 Å². The first kappa shape index (κ1) is 13.9. The van der Waals surface area contributed by atoms with Crippen molar-refractivity contribution in [2.75, 3.05) is 6.54 Å². The van der Waals surface area contributed by atoms with Gasteiger partial charge in [-0.05, 0) is 18.1 Å². The maximum atomic E-state index is 10.6. The van der Waals surface area contributed by atoms with Gasteiger partial charge in [-0.25, -0.2) is 0 Å². The maximum absolute atomic E-state index is 10.6. The Bertz CT molecular complexity index is 398. The van der Waals surface area contributed by atoms with Crippen LogP contribution in [0.5, 0.6) is 0 Å². The van der Waals surface area contributed by atoms with E-state index in [9.17, 15) is 15.2 Å².